The molecule has 0 aliphatic carbocycles. The van der Waals surface area contributed by atoms with E-state index in [1.807, 2.05) is 0 Å². The lowest BCUT2D eigenvalue weighted by Gasteiger charge is -1.96. The normalized spacial score (nSPS) is 10.8. The SMILES string of the molecule is CCCCCC/C=C\CCCC(=O)OC. The Labute approximate surface area is 93.7 Å². The topological polar surface area (TPSA) is 26.3 Å². The van der Waals surface area contributed by atoms with E-state index in [1.54, 1.807) is 0 Å². The largest absolute Gasteiger partial charge is 0.469 e. The number of rotatable bonds is 9. The van der Waals surface area contributed by atoms with Crippen LogP contribution in [0.1, 0.15) is 58.3 Å². The Morgan fingerprint density at radius 1 is 1.07 bits per heavy atom. The van der Waals surface area contributed by atoms with E-state index in [9.17, 15) is 4.79 Å². The molecule has 2 heteroatoms. The molecule has 0 amide bonds. The first-order valence-electron chi connectivity index (χ1n) is 6.03. The predicted octanol–water partition coefficient (Wildman–Crippen LogP) is 3.86. The molecular weight excluding hydrogens is 188 g/mol. The van der Waals surface area contributed by atoms with Gasteiger partial charge in [0.1, 0.15) is 0 Å². The quantitative estimate of drug-likeness (QED) is 0.329. The third-order valence-corrected chi connectivity index (χ3v) is 2.37. The summed E-state index contributed by atoms with van der Waals surface area (Å²) in [7, 11) is 1.44. The highest BCUT2D eigenvalue weighted by molar-refractivity contribution is 5.68. The molecule has 88 valence electrons. The van der Waals surface area contributed by atoms with Crippen LogP contribution < -0.4 is 0 Å². The van der Waals surface area contributed by atoms with Crippen molar-refractivity contribution in [3.05, 3.63) is 12.2 Å². The zero-order chi connectivity index (χ0) is 11.4. The zero-order valence-electron chi connectivity index (χ0n) is 10.1. The van der Waals surface area contributed by atoms with Crippen molar-refractivity contribution >= 4 is 5.97 Å². The number of esters is 1. The van der Waals surface area contributed by atoms with Crippen LogP contribution in [0.3, 0.4) is 0 Å². The van der Waals surface area contributed by atoms with Gasteiger partial charge in [0.25, 0.3) is 0 Å². The molecule has 0 aliphatic rings. The lowest BCUT2D eigenvalue weighted by molar-refractivity contribution is -0.140. The molecule has 0 saturated heterocycles. The maximum atomic E-state index is 10.8. The molecule has 0 fully saturated rings. The van der Waals surface area contributed by atoms with E-state index in [4.69, 9.17) is 0 Å². The molecule has 0 N–H and O–H groups in total. The molecule has 2 nitrogen and oxygen atoms in total. The van der Waals surface area contributed by atoms with Crippen LogP contribution in [0, 0.1) is 0 Å². The van der Waals surface area contributed by atoms with Crippen molar-refractivity contribution < 1.29 is 9.53 Å². The van der Waals surface area contributed by atoms with Crippen molar-refractivity contribution in [1.82, 2.24) is 0 Å². The Kier molecular flexibility index (Phi) is 10.7. The van der Waals surface area contributed by atoms with E-state index >= 15 is 0 Å². The van der Waals surface area contributed by atoms with Gasteiger partial charge >= 0.3 is 5.97 Å². The summed E-state index contributed by atoms with van der Waals surface area (Å²) < 4.78 is 4.56. The van der Waals surface area contributed by atoms with Gasteiger partial charge in [0.2, 0.25) is 0 Å². The maximum absolute atomic E-state index is 10.8. The summed E-state index contributed by atoms with van der Waals surface area (Å²) in [4.78, 5) is 10.8. The lowest BCUT2D eigenvalue weighted by atomic mass is 10.1. The summed E-state index contributed by atoms with van der Waals surface area (Å²) in [5, 5.41) is 0. The number of ether oxygens (including phenoxy) is 1. The van der Waals surface area contributed by atoms with E-state index < -0.39 is 0 Å². The number of carbonyl (C=O) groups excluding carboxylic acids is 1. The van der Waals surface area contributed by atoms with Crippen molar-refractivity contribution in [3.8, 4) is 0 Å². The number of allylic oxidation sites excluding steroid dienone is 2. The van der Waals surface area contributed by atoms with Crippen LogP contribution in [0.25, 0.3) is 0 Å². The second-order valence-corrected chi connectivity index (χ2v) is 3.79. The minimum absolute atomic E-state index is 0.105. The standard InChI is InChI=1S/C13H24O2/c1-3-4-5-6-7-8-9-10-11-12-13(14)15-2/h8-9H,3-7,10-12H2,1-2H3/b9-8-. The Bertz CT molecular complexity index is 173. The Morgan fingerprint density at radius 2 is 1.73 bits per heavy atom. The fourth-order valence-electron chi connectivity index (χ4n) is 1.39. The molecule has 0 bridgehead atoms. The van der Waals surface area contributed by atoms with Gasteiger partial charge < -0.3 is 4.74 Å². The van der Waals surface area contributed by atoms with E-state index in [1.165, 1.54) is 39.2 Å². The number of methoxy groups -OCH3 is 1. The predicted molar refractivity (Wildman–Crippen MR) is 63.8 cm³/mol. The van der Waals surface area contributed by atoms with E-state index in [0.717, 1.165) is 12.8 Å². The molecule has 0 saturated carbocycles. The molecule has 0 spiro atoms. The van der Waals surface area contributed by atoms with Gasteiger partial charge in [-0.1, -0.05) is 38.3 Å². The van der Waals surface area contributed by atoms with Gasteiger partial charge in [-0.2, -0.15) is 0 Å². The third-order valence-electron chi connectivity index (χ3n) is 2.37. The van der Waals surface area contributed by atoms with Crippen LogP contribution in [0.15, 0.2) is 12.2 Å². The molecule has 0 aromatic carbocycles. The van der Waals surface area contributed by atoms with E-state index in [0.29, 0.717) is 6.42 Å². The van der Waals surface area contributed by atoms with Gasteiger partial charge in [-0.25, -0.2) is 0 Å². The Hall–Kier alpha value is -0.790. The zero-order valence-corrected chi connectivity index (χ0v) is 10.1. The number of unbranched alkanes of at least 4 members (excludes halogenated alkanes) is 5. The molecular formula is C13H24O2. The van der Waals surface area contributed by atoms with Gasteiger partial charge in [0.15, 0.2) is 0 Å². The van der Waals surface area contributed by atoms with Crippen molar-refractivity contribution in [2.24, 2.45) is 0 Å². The van der Waals surface area contributed by atoms with Crippen molar-refractivity contribution in [2.75, 3.05) is 7.11 Å². The van der Waals surface area contributed by atoms with Gasteiger partial charge in [0, 0.05) is 6.42 Å². The minimum Gasteiger partial charge on any atom is -0.469 e. The molecule has 15 heavy (non-hydrogen) atoms. The first kappa shape index (κ1) is 14.2. The molecule has 0 rings (SSSR count). The average Bonchev–Trinajstić information content (AvgIpc) is 2.26. The monoisotopic (exact) mass is 212 g/mol. The summed E-state index contributed by atoms with van der Waals surface area (Å²) in [5.41, 5.74) is 0. The van der Waals surface area contributed by atoms with Gasteiger partial charge in [-0.3, -0.25) is 4.79 Å². The second kappa shape index (κ2) is 11.3. The van der Waals surface area contributed by atoms with Gasteiger partial charge in [0.05, 0.1) is 7.11 Å². The lowest BCUT2D eigenvalue weighted by Crippen LogP contribution is -1.98. The summed E-state index contributed by atoms with van der Waals surface area (Å²) in [6.07, 6.45) is 13.3. The molecule has 0 unspecified atom stereocenters. The molecule has 0 aliphatic heterocycles. The fourth-order valence-corrected chi connectivity index (χ4v) is 1.39. The summed E-state index contributed by atoms with van der Waals surface area (Å²) in [5.74, 6) is -0.105. The van der Waals surface area contributed by atoms with Crippen LogP contribution in [0.5, 0.6) is 0 Å². The van der Waals surface area contributed by atoms with Crippen molar-refractivity contribution in [2.45, 2.75) is 58.3 Å². The Morgan fingerprint density at radius 3 is 2.33 bits per heavy atom. The molecule has 0 radical (unpaired) electrons. The Balaban J connectivity index is 3.14. The van der Waals surface area contributed by atoms with Gasteiger partial charge in [-0.05, 0) is 25.7 Å². The van der Waals surface area contributed by atoms with Crippen LogP contribution in [-0.2, 0) is 9.53 Å². The van der Waals surface area contributed by atoms with Crippen LogP contribution >= 0.6 is 0 Å². The number of hydrogen-bond acceptors (Lipinski definition) is 2. The highest BCUT2D eigenvalue weighted by Crippen LogP contribution is 2.04. The third kappa shape index (κ3) is 11.1. The van der Waals surface area contributed by atoms with Gasteiger partial charge in [-0.15, -0.1) is 0 Å². The molecule has 0 aromatic heterocycles. The van der Waals surface area contributed by atoms with Crippen LogP contribution in [0.4, 0.5) is 0 Å². The highest BCUT2D eigenvalue weighted by atomic mass is 16.5. The number of hydrogen-bond donors (Lipinski definition) is 0. The average molecular weight is 212 g/mol. The fraction of sp³-hybridized carbons (Fsp3) is 0.769. The second-order valence-electron chi connectivity index (χ2n) is 3.79. The molecule has 0 atom stereocenters. The highest BCUT2D eigenvalue weighted by Gasteiger charge is 1.96. The van der Waals surface area contributed by atoms with Crippen molar-refractivity contribution in [1.29, 1.82) is 0 Å². The first-order chi connectivity index (χ1) is 7.31. The molecule has 0 aromatic rings. The van der Waals surface area contributed by atoms with Crippen LogP contribution in [0.2, 0.25) is 0 Å². The minimum atomic E-state index is -0.105. The van der Waals surface area contributed by atoms with Crippen molar-refractivity contribution in [3.63, 3.8) is 0 Å². The van der Waals surface area contributed by atoms with Crippen LogP contribution in [-0.4, -0.2) is 13.1 Å². The summed E-state index contributed by atoms with van der Waals surface area (Å²) >= 11 is 0. The maximum Gasteiger partial charge on any atom is 0.305 e. The smallest absolute Gasteiger partial charge is 0.305 e. The molecule has 0 heterocycles. The number of carbonyl (C=O) groups is 1. The van der Waals surface area contributed by atoms with E-state index in [2.05, 4.69) is 23.8 Å². The summed E-state index contributed by atoms with van der Waals surface area (Å²) in [6.45, 7) is 2.22. The summed E-state index contributed by atoms with van der Waals surface area (Å²) in [6, 6.07) is 0. The van der Waals surface area contributed by atoms with E-state index in [-0.39, 0.29) is 5.97 Å². The first-order valence-corrected chi connectivity index (χ1v) is 6.03.